The number of carbonyl (C=O) groups excluding carboxylic acids is 1. The molecule has 0 aromatic heterocycles. The van der Waals surface area contributed by atoms with Gasteiger partial charge in [-0.2, -0.15) is 0 Å². The lowest BCUT2D eigenvalue weighted by Crippen LogP contribution is -2.12. The van der Waals surface area contributed by atoms with E-state index in [4.69, 9.17) is 11.6 Å². The zero-order valence-electron chi connectivity index (χ0n) is 12.9. The van der Waals surface area contributed by atoms with Gasteiger partial charge in [-0.3, -0.25) is 4.79 Å². The van der Waals surface area contributed by atoms with Crippen LogP contribution in [0.2, 0.25) is 5.02 Å². The third-order valence-corrected chi connectivity index (χ3v) is 4.72. The lowest BCUT2D eigenvalue weighted by Gasteiger charge is -2.18. The summed E-state index contributed by atoms with van der Waals surface area (Å²) in [5.41, 5.74) is 5.73. The minimum Gasteiger partial charge on any atom is -0.288 e. The predicted octanol–water partition coefficient (Wildman–Crippen LogP) is 5.25. The van der Waals surface area contributed by atoms with Gasteiger partial charge >= 0.3 is 0 Å². The second-order valence-electron chi connectivity index (χ2n) is 5.43. The van der Waals surface area contributed by atoms with Crippen molar-refractivity contribution >= 4 is 17.4 Å². The third-order valence-electron chi connectivity index (χ3n) is 4.42. The molecule has 3 heteroatoms. The highest BCUT2D eigenvalue weighted by molar-refractivity contribution is 6.31. The first-order chi connectivity index (χ1) is 9.77. The van der Waals surface area contributed by atoms with Crippen molar-refractivity contribution in [3.63, 3.8) is 0 Å². The van der Waals surface area contributed by atoms with Gasteiger partial charge in [-0.1, -0.05) is 17.7 Å². The molecule has 1 nitrogen and oxygen atoms in total. The van der Waals surface area contributed by atoms with Crippen LogP contribution in [-0.2, 0) is 0 Å². The zero-order chi connectivity index (χ0) is 15.9. The van der Waals surface area contributed by atoms with Crippen molar-refractivity contribution in [1.82, 2.24) is 0 Å². The molecule has 0 aliphatic rings. The van der Waals surface area contributed by atoms with E-state index in [-0.39, 0.29) is 16.4 Å². The second kappa shape index (κ2) is 5.61. The lowest BCUT2D eigenvalue weighted by molar-refractivity contribution is 0.103. The Morgan fingerprint density at radius 2 is 1.38 bits per heavy atom. The summed E-state index contributed by atoms with van der Waals surface area (Å²) in [7, 11) is 0. The fraction of sp³-hybridized carbons (Fsp3) is 0.278. The maximum absolute atomic E-state index is 14.1. The molecule has 0 N–H and O–H groups in total. The summed E-state index contributed by atoms with van der Waals surface area (Å²) in [6.07, 6.45) is 0. The average molecular weight is 305 g/mol. The van der Waals surface area contributed by atoms with Crippen LogP contribution < -0.4 is 0 Å². The highest BCUT2D eigenvalue weighted by Gasteiger charge is 2.22. The molecule has 0 heterocycles. The SMILES string of the molecule is Cc1c(C)c(C)c(C(=O)c2cccc(Cl)c2F)c(C)c1C. The van der Waals surface area contributed by atoms with Crippen LogP contribution in [0, 0.1) is 40.4 Å². The highest BCUT2D eigenvalue weighted by Crippen LogP contribution is 2.29. The standard InChI is InChI=1S/C18H18ClFO/c1-9-10(2)12(4)16(13(5)11(9)3)18(21)14-7-6-8-15(19)17(14)20/h6-8H,1-5H3. The molecule has 0 unspecified atom stereocenters. The molecule has 2 aromatic rings. The first-order valence-corrected chi connectivity index (χ1v) is 7.20. The molecule has 0 saturated heterocycles. The Morgan fingerprint density at radius 3 is 1.90 bits per heavy atom. The summed E-state index contributed by atoms with van der Waals surface area (Å²) < 4.78 is 14.1. The molecular formula is C18H18ClFO. The first kappa shape index (κ1) is 15.7. The number of hydrogen-bond acceptors (Lipinski definition) is 1. The van der Waals surface area contributed by atoms with Crippen molar-refractivity contribution in [3.05, 3.63) is 68.0 Å². The lowest BCUT2D eigenvalue weighted by atomic mass is 9.86. The van der Waals surface area contributed by atoms with Gasteiger partial charge in [-0.05, 0) is 74.6 Å². The van der Waals surface area contributed by atoms with Crippen LogP contribution in [0.25, 0.3) is 0 Å². The number of benzene rings is 2. The van der Waals surface area contributed by atoms with Crippen LogP contribution in [0.3, 0.4) is 0 Å². The van der Waals surface area contributed by atoms with Crippen LogP contribution in [-0.4, -0.2) is 5.78 Å². The summed E-state index contributed by atoms with van der Waals surface area (Å²) in [6, 6.07) is 4.52. The van der Waals surface area contributed by atoms with Crippen molar-refractivity contribution in [2.75, 3.05) is 0 Å². The zero-order valence-corrected chi connectivity index (χ0v) is 13.7. The van der Waals surface area contributed by atoms with Gasteiger partial charge in [0.1, 0.15) is 0 Å². The van der Waals surface area contributed by atoms with Gasteiger partial charge in [0, 0.05) is 5.56 Å². The van der Waals surface area contributed by atoms with E-state index in [0.29, 0.717) is 5.56 Å². The summed E-state index contributed by atoms with van der Waals surface area (Å²) in [5, 5.41) is -0.0308. The van der Waals surface area contributed by atoms with E-state index in [2.05, 4.69) is 0 Å². The largest absolute Gasteiger partial charge is 0.288 e. The molecule has 0 fully saturated rings. The molecule has 2 rings (SSSR count). The Bertz CT molecular complexity index is 718. The van der Waals surface area contributed by atoms with Crippen molar-refractivity contribution in [1.29, 1.82) is 0 Å². The van der Waals surface area contributed by atoms with Gasteiger partial charge in [-0.25, -0.2) is 4.39 Å². The van der Waals surface area contributed by atoms with E-state index in [1.807, 2.05) is 34.6 Å². The van der Waals surface area contributed by atoms with Gasteiger partial charge in [-0.15, -0.1) is 0 Å². The molecule has 21 heavy (non-hydrogen) atoms. The number of ketones is 1. The Kier molecular flexibility index (Phi) is 4.20. The molecule has 0 atom stereocenters. The van der Waals surface area contributed by atoms with Crippen LogP contribution in [0.1, 0.15) is 43.7 Å². The smallest absolute Gasteiger partial charge is 0.196 e. The molecule has 0 saturated carbocycles. The topological polar surface area (TPSA) is 17.1 Å². The fourth-order valence-corrected chi connectivity index (χ4v) is 2.83. The van der Waals surface area contributed by atoms with Gasteiger partial charge < -0.3 is 0 Å². The van der Waals surface area contributed by atoms with Gasteiger partial charge in [0.05, 0.1) is 10.6 Å². The summed E-state index contributed by atoms with van der Waals surface area (Å²) in [5.74, 6) is -0.963. The maximum atomic E-state index is 14.1. The average Bonchev–Trinajstić information content (AvgIpc) is 2.46. The number of carbonyl (C=O) groups is 1. The highest BCUT2D eigenvalue weighted by atomic mass is 35.5. The number of rotatable bonds is 2. The molecule has 0 bridgehead atoms. The van der Waals surface area contributed by atoms with Crippen LogP contribution >= 0.6 is 11.6 Å². The van der Waals surface area contributed by atoms with E-state index in [9.17, 15) is 9.18 Å². The van der Waals surface area contributed by atoms with Crippen molar-refractivity contribution in [2.45, 2.75) is 34.6 Å². The Morgan fingerprint density at radius 1 is 0.905 bits per heavy atom. The number of halogens is 2. The summed E-state index contributed by atoms with van der Waals surface area (Å²) >= 11 is 5.79. The maximum Gasteiger partial charge on any atom is 0.196 e. The van der Waals surface area contributed by atoms with Gasteiger partial charge in [0.2, 0.25) is 0 Å². The molecule has 2 aromatic carbocycles. The quantitative estimate of drug-likeness (QED) is 0.692. The Labute approximate surface area is 129 Å². The summed E-state index contributed by atoms with van der Waals surface area (Å²) in [4.78, 5) is 12.8. The third kappa shape index (κ3) is 2.49. The Hall–Kier alpha value is -1.67. The van der Waals surface area contributed by atoms with Crippen LogP contribution in [0.5, 0.6) is 0 Å². The first-order valence-electron chi connectivity index (χ1n) is 6.83. The molecule has 0 spiro atoms. The number of hydrogen-bond donors (Lipinski definition) is 0. The van der Waals surface area contributed by atoms with Crippen molar-refractivity contribution in [2.24, 2.45) is 0 Å². The van der Waals surface area contributed by atoms with Gasteiger partial charge in [0.25, 0.3) is 0 Å². The van der Waals surface area contributed by atoms with E-state index in [0.717, 1.165) is 22.3 Å². The minimum absolute atomic E-state index is 0.0244. The van der Waals surface area contributed by atoms with E-state index >= 15 is 0 Å². The minimum atomic E-state index is -0.654. The van der Waals surface area contributed by atoms with Crippen molar-refractivity contribution in [3.8, 4) is 0 Å². The predicted molar refractivity (Wildman–Crippen MR) is 85.0 cm³/mol. The molecule has 0 aliphatic carbocycles. The molecular weight excluding hydrogens is 287 g/mol. The van der Waals surface area contributed by atoms with Crippen molar-refractivity contribution < 1.29 is 9.18 Å². The van der Waals surface area contributed by atoms with Gasteiger partial charge in [0.15, 0.2) is 11.6 Å². The fourth-order valence-electron chi connectivity index (χ4n) is 2.65. The Balaban J connectivity index is 2.73. The molecule has 110 valence electrons. The van der Waals surface area contributed by atoms with E-state index in [1.54, 1.807) is 6.07 Å². The van der Waals surface area contributed by atoms with Crippen LogP contribution in [0.4, 0.5) is 4.39 Å². The molecule has 0 aliphatic heterocycles. The summed E-state index contributed by atoms with van der Waals surface area (Å²) in [6.45, 7) is 9.83. The monoisotopic (exact) mass is 304 g/mol. The van der Waals surface area contributed by atoms with Crippen LogP contribution in [0.15, 0.2) is 18.2 Å². The second-order valence-corrected chi connectivity index (χ2v) is 5.84. The van der Waals surface area contributed by atoms with E-state index in [1.165, 1.54) is 17.7 Å². The molecule has 0 amide bonds. The van der Waals surface area contributed by atoms with E-state index < -0.39 is 5.82 Å². The molecule has 0 radical (unpaired) electrons. The normalized spacial score (nSPS) is 10.8.